The minimum atomic E-state index is -3.11. The second kappa shape index (κ2) is 29.1. The Kier molecular flexibility index (Phi) is 25.7. The number of halogens is 2. The number of aryl methyl sites for hydroxylation is 4. The smallest absolute Gasteiger partial charge is 0.284 e. The molecule has 0 unspecified atom stereocenters. The minimum Gasteiger partial charge on any atom is -0.284 e. The fourth-order valence-corrected chi connectivity index (χ4v) is 7.82. The molecule has 14 nitrogen and oxygen atoms in total. The molecule has 0 saturated carbocycles. The Labute approximate surface area is 460 Å². The van der Waals surface area contributed by atoms with Crippen molar-refractivity contribution in [1.29, 1.82) is 0 Å². The van der Waals surface area contributed by atoms with Crippen LogP contribution in [-0.4, -0.2) is 60.6 Å². The van der Waals surface area contributed by atoms with Gasteiger partial charge in [0.05, 0.1) is 20.2 Å². The van der Waals surface area contributed by atoms with Crippen molar-refractivity contribution in [3.63, 3.8) is 0 Å². The molecule has 5 aromatic rings. The van der Waals surface area contributed by atoms with Crippen LogP contribution in [0, 0.1) is 43.3 Å². The van der Waals surface area contributed by atoms with Crippen molar-refractivity contribution in [2.45, 2.75) is 97.8 Å². The van der Waals surface area contributed by atoms with Crippen molar-refractivity contribution in [2.24, 2.45) is 4.99 Å². The first-order valence-corrected chi connectivity index (χ1v) is 24.8. The van der Waals surface area contributed by atoms with Crippen LogP contribution in [0.5, 0.6) is 0 Å². The second-order valence-corrected chi connectivity index (χ2v) is 18.8. The Bertz CT molecular complexity index is 2590. The van der Waals surface area contributed by atoms with Crippen LogP contribution >= 0.6 is 31.9 Å². The average Bonchev–Trinajstić information content (AvgIpc) is 3.64. The standard InChI is InChI=1S/C21H25N2O2.C11H12N.2C9H10BrNO2.K.O3S/c1-15-7-12-20-19(14-15)21(3,4)16(2)22(20)13-5-6-17-8-10-18(11-9-17)23(24)25;1-8-11(2,3)9-6-4-5-7-10(9)12-8;2*10-7-1-2-8-3-5-9(6-4-8)11(12)13;;1-4(2)3/h7-12,14H,5-6,13H2,1-4H3;5-7H,1-3H3;2*3-6H,1-2,7H2;;/q+1;-1;;;+1;. The van der Waals surface area contributed by atoms with Crippen LogP contribution in [0.3, 0.4) is 0 Å². The molecule has 356 valence electrons. The molecule has 0 bridgehead atoms. The van der Waals surface area contributed by atoms with Gasteiger partial charge in [0.1, 0.15) is 6.54 Å². The molecule has 0 N–H and O–H groups in total. The van der Waals surface area contributed by atoms with Crippen LogP contribution in [0.2, 0.25) is 0 Å². The third-order valence-corrected chi connectivity index (χ3v) is 12.7. The van der Waals surface area contributed by atoms with Crippen molar-refractivity contribution in [1.82, 2.24) is 0 Å². The summed E-state index contributed by atoms with van der Waals surface area (Å²) in [6, 6.07) is 36.1. The molecule has 5 aromatic carbocycles. The van der Waals surface area contributed by atoms with Gasteiger partial charge in [-0.15, -0.1) is 24.3 Å². The van der Waals surface area contributed by atoms with Gasteiger partial charge in [-0.2, -0.15) is 22.8 Å². The van der Waals surface area contributed by atoms with E-state index in [0.717, 1.165) is 78.1 Å². The Balaban J connectivity index is 0.000000317. The molecule has 0 saturated heterocycles. The van der Waals surface area contributed by atoms with Crippen LogP contribution < -0.4 is 51.4 Å². The second-order valence-electron chi connectivity index (χ2n) is 16.8. The van der Waals surface area contributed by atoms with E-state index in [-0.39, 0.29) is 94.0 Å². The predicted octanol–water partition coefficient (Wildman–Crippen LogP) is 9.65. The van der Waals surface area contributed by atoms with Gasteiger partial charge in [-0.05, 0) is 93.7 Å². The molecule has 0 amide bonds. The van der Waals surface area contributed by atoms with E-state index in [0.29, 0.717) is 0 Å². The number of aliphatic imine (C=N–C) groups is 1. The van der Waals surface area contributed by atoms with Crippen molar-refractivity contribution in [3.05, 3.63) is 179 Å². The van der Waals surface area contributed by atoms with E-state index in [1.807, 2.05) is 30.3 Å². The predicted molar refractivity (Wildman–Crippen MR) is 272 cm³/mol. The Hall–Kier alpha value is -4.14. The molecule has 68 heavy (non-hydrogen) atoms. The molecular formula is C50H57Br2KN5O9S+. The van der Waals surface area contributed by atoms with E-state index >= 15 is 0 Å². The Morgan fingerprint density at radius 1 is 0.618 bits per heavy atom. The Morgan fingerprint density at radius 3 is 1.41 bits per heavy atom. The number of non-ortho nitro benzene ring substituents is 3. The fourth-order valence-electron chi connectivity index (χ4n) is 7.26. The number of nitro benzene ring substituents is 3. The topological polar surface area (TPSA) is 196 Å². The minimum absolute atomic E-state index is 0. The molecular weight excluding hydrogens is 1050 g/mol. The van der Waals surface area contributed by atoms with E-state index in [1.54, 1.807) is 60.7 Å². The summed E-state index contributed by atoms with van der Waals surface area (Å²) in [4.78, 5) is 34.8. The summed E-state index contributed by atoms with van der Waals surface area (Å²) in [5.74, 6) is 0. The summed E-state index contributed by atoms with van der Waals surface area (Å²) in [5.41, 5.74) is 13.1. The first-order valence-electron chi connectivity index (χ1n) is 21.5. The molecule has 7 rings (SSSR count). The number of benzene rings is 5. The largest absolute Gasteiger partial charge is 1.00 e. The van der Waals surface area contributed by atoms with Crippen molar-refractivity contribution in [3.8, 4) is 0 Å². The monoisotopic (exact) mass is 1100 g/mol. The summed E-state index contributed by atoms with van der Waals surface area (Å²) in [6.07, 6.45) is 5.96. The maximum absolute atomic E-state index is 10.7. The SMILES string of the molecule is CC1=Nc2cc[c-]cc2C1(C)C.CC1=[N+](CCCc2ccc([N+](=O)[O-])cc2)c2ccc(C)cc2C1(C)C.O=S(=O)=O.O=[N+]([O-])c1ccc(CCCBr)cc1.O=[N+]([O-])c1ccc(CCCBr)cc1.[K+]. The van der Waals surface area contributed by atoms with Crippen LogP contribution in [0.15, 0.2) is 114 Å². The maximum atomic E-state index is 10.7. The molecule has 0 radical (unpaired) electrons. The van der Waals surface area contributed by atoms with Gasteiger partial charge >= 0.3 is 62.0 Å². The van der Waals surface area contributed by atoms with Crippen molar-refractivity contribution in [2.75, 3.05) is 17.2 Å². The van der Waals surface area contributed by atoms with Crippen LogP contribution in [0.25, 0.3) is 0 Å². The summed E-state index contributed by atoms with van der Waals surface area (Å²) < 4.78 is 27.8. The molecule has 18 heteroatoms. The normalized spacial score (nSPS) is 13.1. The molecule has 0 fully saturated rings. The molecule has 0 aromatic heterocycles. The number of nitrogens with zero attached hydrogens (tertiary/aromatic N) is 5. The van der Waals surface area contributed by atoms with Gasteiger partial charge in [-0.3, -0.25) is 35.3 Å². The van der Waals surface area contributed by atoms with Gasteiger partial charge in [0, 0.05) is 77.7 Å². The van der Waals surface area contributed by atoms with Gasteiger partial charge in [-0.1, -0.05) is 93.7 Å². The molecule has 0 aliphatic carbocycles. The zero-order chi connectivity index (χ0) is 49.9. The van der Waals surface area contributed by atoms with Gasteiger partial charge in [0.15, 0.2) is 5.71 Å². The molecule has 2 heterocycles. The van der Waals surface area contributed by atoms with E-state index in [9.17, 15) is 30.3 Å². The summed E-state index contributed by atoms with van der Waals surface area (Å²) in [7, 11) is -3.11. The van der Waals surface area contributed by atoms with E-state index in [1.165, 1.54) is 33.8 Å². The molecule has 0 atom stereocenters. The number of rotatable bonds is 13. The molecule has 0 spiro atoms. The average molecular weight is 1100 g/mol. The Morgan fingerprint density at radius 2 is 1.03 bits per heavy atom. The first kappa shape index (κ1) is 60.0. The zero-order valence-electron chi connectivity index (χ0n) is 39.8. The third-order valence-electron chi connectivity index (χ3n) is 11.6. The summed E-state index contributed by atoms with van der Waals surface area (Å²) >= 11 is 6.67. The van der Waals surface area contributed by atoms with E-state index < -0.39 is 10.6 Å². The first-order chi connectivity index (χ1) is 31.6. The van der Waals surface area contributed by atoms with Crippen LogP contribution in [-0.2, 0) is 40.7 Å². The number of alkyl halides is 2. The number of hydrogen-bond acceptors (Lipinski definition) is 10. The zero-order valence-corrected chi connectivity index (χ0v) is 46.9. The van der Waals surface area contributed by atoms with Gasteiger partial charge in [0.25, 0.3) is 17.1 Å². The third kappa shape index (κ3) is 18.3. The van der Waals surface area contributed by atoms with Gasteiger partial charge in [-0.25, -0.2) is 0 Å². The summed E-state index contributed by atoms with van der Waals surface area (Å²) in [6.45, 7) is 16.4. The number of hydrogen-bond donors (Lipinski definition) is 0. The summed E-state index contributed by atoms with van der Waals surface area (Å²) in [5, 5.41) is 33.3. The van der Waals surface area contributed by atoms with Crippen LogP contribution in [0.1, 0.15) is 94.2 Å². The number of nitro groups is 3. The fraction of sp³-hybridized carbons (Fsp3) is 0.360. The van der Waals surface area contributed by atoms with E-state index in [4.69, 9.17) is 12.6 Å². The molecule has 2 aliphatic rings. The van der Waals surface area contributed by atoms with E-state index in [2.05, 4.69) is 114 Å². The van der Waals surface area contributed by atoms with Crippen molar-refractivity contribution >= 4 is 82.3 Å². The van der Waals surface area contributed by atoms with Crippen LogP contribution in [0.4, 0.5) is 28.4 Å². The van der Waals surface area contributed by atoms with Crippen molar-refractivity contribution < 1.29 is 83.4 Å². The number of fused-ring (bicyclic) bond motifs is 2. The van der Waals surface area contributed by atoms with Gasteiger partial charge < -0.3 is 0 Å². The van der Waals surface area contributed by atoms with Gasteiger partial charge in [0.2, 0.25) is 5.69 Å². The molecule has 2 aliphatic heterocycles. The maximum Gasteiger partial charge on any atom is 1.00 e. The quantitative estimate of drug-likeness (QED) is 0.0275.